The van der Waals surface area contributed by atoms with E-state index in [9.17, 15) is 4.79 Å². The average molecular weight is 250 g/mol. The molecule has 0 radical (unpaired) electrons. The van der Waals surface area contributed by atoms with Gasteiger partial charge in [-0.3, -0.25) is 5.84 Å². The summed E-state index contributed by atoms with van der Waals surface area (Å²) in [6.07, 6.45) is 0. The number of rotatable bonds is 3. The summed E-state index contributed by atoms with van der Waals surface area (Å²) in [5.41, 5.74) is 2.53. The van der Waals surface area contributed by atoms with Crippen LogP contribution in [0.15, 0.2) is 24.3 Å². The monoisotopic (exact) mass is 250 g/mol. The van der Waals surface area contributed by atoms with Gasteiger partial charge in [-0.05, 0) is 23.5 Å². The topological polar surface area (TPSA) is 60.0 Å². The Kier molecular flexibility index (Phi) is 4.73. The van der Waals surface area contributed by atoms with E-state index in [2.05, 4.69) is 56.2 Å². The predicted molar refractivity (Wildman–Crippen MR) is 72.6 cm³/mol. The van der Waals surface area contributed by atoms with E-state index in [1.165, 1.54) is 10.6 Å². The lowest BCUT2D eigenvalue weighted by Crippen LogP contribution is -2.71. The maximum atomic E-state index is 11.5. The fourth-order valence-electron chi connectivity index (χ4n) is 1.67. The first-order valence-electron chi connectivity index (χ1n) is 6.30. The van der Waals surface area contributed by atoms with Crippen molar-refractivity contribution in [1.82, 2.24) is 10.3 Å². The molecule has 1 aromatic rings. The second-order valence-corrected chi connectivity index (χ2v) is 5.48. The van der Waals surface area contributed by atoms with Gasteiger partial charge in [0.05, 0.1) is 6.54 Å². The molecule has 0 aliphatic carbocycles. The van der Waals surface area contributed by atoms with Crippen molar-refractivity contribution in [3.05, 3.63) is 35.4 Å². The van der Waals surface area contributed by atoms with Crippen LogP contribution in [0, 0.1) is 0 Å². The quantitative estimate of drug-likeness (QED) is 0.788. The summed E-state index contributed by atoms with van der Waals surface area (Å²) in [6, 6.07) is 8.19. The fraction of sp³-hybridized carbons (Fsp3) is 0.500. The maximum Gasteiger partial charge on any atom is 0.361 e. The highest BCUT2D eigenvalue weighted by atomic mass is 16.2. The van der Waals surface area contributed by atoms with Gasteiger partial charge in [0.1, 0.15) is 0 Å². The van der Waals surface area contributed by atoms with Crippen LogP contribution in [0.2, 0.25) is 0 Å². The summed E-state index contributed by atoms with van der Waals surface area (Å²) in [7, 11) is 0. The third kappa shape index (κ3) is 4.04. The second kappa shape index (κ2) is 5.87. The molecule has 0 aliphatic heterocycles. The molecular formula is C14H24N3O+. The van der Waals surface area contributed by atoms with Crippen LogP contribution in [0.5, 0.6) is 0 Å². The Hall–Kier alpha value is -1.55. The van der Waals surface area contributed by atoms with Crippen molar-refractivity contribution < 1.29 is 10.6 Å². The van der Waals surface area contributed by atoms with Crippen LogP contribution in [0.4, 0.5) is 4.79 Å². The molecule has 0 aliphatic rings. The Morgan fingerprint density at radius 1 is 1.28 bits per heavy atom. The molecule has 0 bridgehead atoms. The number of hydrogen-bond donors (Lipinski definition) is 2. The molecule has 0 fully saturated rings. The van der Waals surface area contributed by atoms with Crippen molar-refractivity contribution in [3.8, 4) is 0 Å². The minimum Gasteiger partial charge on any atom is -0.335 e. The number of urea groups is 1. The molecule has 2 amide bonds. The third-order valence-corrected chi connectivity index (χ3v) is 2.81. The molecular weight excluding hydrogens is 226 g/mol. The lowest BCUT2D eigenvalue weighted by molar-refractivity contribution is -0.551. The van der Waals surface area contributed by atoms with Crippen LogP contribution in [0.25, 0.3) is 0 Å². The van der Waals surface area contributed by atoms with E-state index in [0.717, 1.165) is 5.56 Å². The van der Waals surface area contributed by atoms with Crippen molar-refractivity contribution in [3.63, 3.8) is 0 Å². The fourth-order valence-corrected chi connectivity index (χ4v) is 1.67. The van der Waals surface area contributed by atoms with Gasteiger partial charge < -0.3 is 5.32 Å². The Bertz CT molecular complexity index is 392. The van der Waals surface area contributed by atoms with Crippen LogP contribution >= 0.6 is 0 Å². The van der Waals surface area contributed by atoms with Gasteiger partial charge in [0.25, 0.3) is 0 Å². The number of carbonyl (C=O) groups excluding carboxylic acids is 1. The molecule has 4 N–H and O–H groups in total. The second-order valence-electron chi connectivity index (χ2n) is 5.48. The Labute approximate surface area is 109 Å². The summed E-state index contributed by atoms with van der Waals surface area (Å²) in [4.78, 5) is 11.5. The number of benzene rings is 1. The molecule has 100 valence electrons. The number of nitrogens with one attached hydrogen (secondary N) is 1. The van der Waals surface area contributed by atoms with Gasteiger partial charge in [-0.25, -0.2) is 4.79 Å². The average Bonchev–Trinajstić information content (AvgIpc) is 2.28. The molecule has 1 rings (SSSR count). The van der Waals surface area contributed by atoms with Crippen LogP contribution in [0.1, 0.15) is 38.8 Å². The van der Waals surface area contributed by atoms with Crippen molar-refractivity contribution in [2.75, 3.05) is 6.54 Å². The van der Waals surface area contributed by atoms with Crippen LogP contribution in [-0.2, 0) is 12.0 Å². The number of quaternary nitrogens is 1. The summed E-state index contributed by atoms with van der Waals surface area (Å²) in [6.45, 7) is 9.59. The molecule has 0 unspecified atom stereocenters. The highest BCUT2D eigenvalue weighted by molar-refractivity contribution is 5.72. The van der Waals surface area contributed by atoms with E-state index in [4.69, 9.17) is 0 Å². The number of amides is 2. The van der Waals surface area contributed by atoms with Gasteiger partial charge in [-0.15, -0.1) is 0 Å². The van der Waals surface area contributed by atoms with Gasteiger partial charge in [0, 0.05) is 6.54 Å². The van der Waals surface area contributed by atoms with E-state index in [0.29, 0.717) is 13.1 Å². The molecule has 4 nitrogen and oxygen atoms in total. The highest BCUT2D eigenvalue weighted by Crippen LogP contribution is 2.22. The van der Waals surface area contributed by atoms with Crippen LogP contribution < -0.4 is 11.2 Å². The molecule has 0 heterocycles. The van der Waals surface area contributed by atoms with Gasteiger partial charge in [0.2, 0.25) is 0 Å². The Balaban J connectivity index is 2.67. The lowest BCUT2D eigenvalue weighted by atomic mass is 9.87. The highest BCUT2D eigenvalue weighted by Gasteiger charge is 2.15. The summed E-state index contributed by atoms with van der Waals surface area (Å²) in [5.74, 6) is 3.74. The predicted octanol–water partition coefficient (Wildman–Crippen LogP) is 1.67. The summed E-state index contributed by atoms with van der Waals surface area (Å²) < 4.78 is 0. The first-order valence-corrected chi connectivity index (χ1v) is 6.30. The number of hydrogen-bond acceptors (Lipinski definition) is 1. The Morgan fingerprint density at radius 3 is 2.28 bits per heavy atom. The van der Waals surface area contributed by atoms with Crippen molar-refractivity contribution in [1.29, 1.82) is 0 Å². The van der Waals surface area contributed by atoms with E-state index in [1.54, 1.807) is 0 Å². The van der Waals surface area contributed by atoms with Gasteiger partial charge in [-0.1, -0.05) is 45.0 Å². The van der Waals surface area contributed by atoms with Crippen molar-refractivity contribution >= 4 is 6.03 Å². The molecule has 18 heavy (non-hydrogen) atoms. The van der Waals surface area contributed by atoms with Gasteiger partial charge >= 0.3 is 6.03 Å². The summed E-state index contributed by atoms with van der Waals surface area (Å²) in [5, 5.41) is 4.17. The first-order chi connectivity index (χ1) is 8.34. The van der Waals surface area contributed by atoms with Gasteiger partial charge in [0.15, 0.2) is 0 Å². The molecule has 1 aromatic carbocycles. The van der Waals surface area contributed by atoms with Crippen molar-refractivity contribution in [2.24, 2.45) is 0 Å². The van der Waals surface area contributed by atoms with E-state index in [1.807, 2.05) is 6.92 Å². The minimum atomic E-state index is -0.141. The van der Waals surface area contributed by atoms with E-state index in [-0.39, 0.29) is 11.4 Å². The number of carbonyl (C=O) groups is 1. The molecule has 0 atom stereocenters. The molecule has 0 aromatic heterocycles. The first kappa shape index (κ1) is 14.5. The molecule has 4 heteroatoms. The zero-order valence-electron chi connectivity index (χ0n) is 11.8. The Morgan fingerprint density at radius 2 is 1.83 bits per heavy atom. The lowest BCUT2D eigenvalue weighted by Gasteiger charge is -2.19. The molecule has 0 saturated carbocycles. The van der Waals surface area contributed by atoms with E-state index >= 15 is 0 Å². The zero-order valence-corrected chi connectivity index (χ0v) is 11.8. The maximum absolute atomic E-state index is 11.5. The largest absolute Gasteiger partial charge is 0.361 e. The molecule has 0 saturated heterocycles. The third-order valence-electron chi connectivity index (χ3n) is 2.81. The van der Waals surface area contributed by atoms with Crippen LogP contribution in [-0.4, -0.2) is 17.6 Å². The van der Waals surface area contributed by atoms with Gasteiger partial charge in [-0.2, -0.15) is 5.01 Å². The number of nitrogens with zero attached hydrogens (tertiary/aromatic N) is 1. The van der Waals surface area contributed by atoms with Crippen LogP contribution in [0.3, 0.4) is 0 Å². The molecule has 0 spiro atoms. The standard InChI is InChI=1S/C14H23N3O/c1-5-16-13(18)17(15)10-11-6-8-12(9-7-11)14(2,3)4/h6-9H,5,10,15H2,1-4H3,(H,16,18)/p+1. The minimum absolute atomic E-state index is 0.141. The van der Waals surface area contributed by atoms with Crippen molar-refractivity contribution in [2.45, 2.75) is 39.7 Å². The normalized spacial score (nSPS) is 11.2. The summed E-state index contributed by atoms with van der Waals surface area (Å²) >= 11 is 0. The smallest absolute Gasteiger partial charge is 0.335 e. The van der Waals surface area contributed by atoms with E-state index < -0.39 is 0 Å². The SMILES string of the molecule is CCNC(=O)N([NH3+])Cc1ccc(C(C)(C)C)cc1. The zero-order chi connectivity index (χ0) is 13.8.